The lowest BCUT2D eigenvalue weighted by molar-refractivity contribution is -0.142. The van der Waals surface area contributed by atoms with E-state index in [1.807, 2.05) is 20.8 Å². The molecule has 1 aliphatic carbocycles. The van der Waals surface area contributed by atoms with Crippen LogP contribution in [0, 0.1) is 0 Å². The number of alkyl carbamates (subject to hydrolysis) is 1. The quantitative estimate of drug-likeness (QED) is 0.736. The lowest BCUT2D eigenvalue weighted by atomic mass is 9.81. The molecule has 0 atom stereocenters. The summed E-state index contributed by atoms with van der Waals surface area (Å²) < 4.78 is 10.2. The number of carbonyl (C=O) groups is 2. The largest absolute Gasteiger partial charge is 0.465 e. The van der Waals surface area contributed by atoms with E-state index in [0.717, 1.165) is 25.7 Å². The molecule has 0 unspecified atom stereocenters. The Morgan fingerprint density at radius 1 is 1.14 bits per heavy atom. The van der Waals surface area contributed by atoms with E-state index >= 15 is 0 Å². The first-order valence-electron chi connectivity index (χ1n) is 8.14. The molecule has 22 heavy (non-hydrogen) atoms. The number of hydrogen-bond acceptors (Lipinski definition) is 5. The van der Waals surface area contributed by atoms with Gasteiger partial charge in [0.25, 0.3) is 0 Å². The highest BCUT2D eigenvalue weighted by Crippen LogP contribution is 2.27. The molecule has 2 N–H and O–H groups in total. The number of hydrogen-bond donors (Lipinski definition) is 2. The monoisotopic (exact) mass is 314 g/mol. The van der Waals surface area contributed by atoms with E-state index in [0.29, 0.717) is 13.2 Å². The van der Waals surface area contributed by atoms with Crippen LogP contribution in [0.5, 0.6) is 0 Å². The molecule has 0 spiro atoms. The zero-order chi connectivity index (χ0) is 16.6. The van der Waals surface area contributed by atoms with E-state index in [-0.39, 0.29) is 18.1 Å². The first-order valence-corrected chi connectivity index (χ1v) is 8.14. The summed E-state index contributed by atoms with van der Waals surface area (Å²) in [6, 6.07) is 0. The molecule has 0 aromatic carbocycles. The van der Waals surface area contributed by atoms with Gasteiger partial charge in [-0.05, 0) is 40.5 Å². The van der Waals surface area contributed by atoms with Crippen LogP contribution >= 0.6 is 0 Å². The molecule has 1 rings (SSSR count). The summed E-state index contributed by atoms with van der Waals surface area (Å²) in [4.78, 5) is 23.4. The molecule has 1 aliphatic rings. The van der Waals surface area contributed by atoms with Crippen molar-refractivity contribution in [3.8, 4) is 0 Å². The first kappa shape index (κ1) is 18.7. The number of amides is 1. The number of carbonyl (C=O) groups excluding carboxylic acids is 2. The van der Waals surface area contributed by atoms with Crippen LogP contribution in [0.15, 0.2) is 0 Å². The van der Waals surface area contributed by atoms with Crippen LogP contribution in [0.2, 0.25) is 0 Å². The minimum absolute atomic E-state index is 0.170. The third-order valence-electron chi connectivity index (χ3n) is 3.69. The van der Waals surface area contributed by atoms with Crippen LogP contribution in [-0.2, 0) is 14.3 Å². The highest BCUT2D eigenvalue weighted by atomic mass is 16.6. The van der Waals surface area contributed by atoms with Crippen molar-refractivity contribution in [2.75, 3.05) is 19.7 Å². The van der Waals surface area contributed by atoms with Gasteiger partial charge in [0.05, 0.1) is 13.2 Å². The lowest BCUT2D eigenvalue weighted by Gasteiger charge is -2.38. The standard InChI is InChI=1S/C16H30N2O4/c1-5-21-13(19)11-18-16(9-7-6-8-10-16)12-17-14(20)22-15(2,3)4/h18H,5-12H2,1-4H3,(H,17,20). The Morgan fingerprint density at radius 3 is 2.32 bits per heavy atom. The maximum atomic E-state index is 11.8. The van der Waals surface area contributed by atoms with Crippen molar-refractivity contribution in [3.63, 3.8) is 0 Å². The lowest BCUT2D eigenvalue weighted by Crippen LogP contribution is -2.56. The maximum absolute atomic E-state index is 11.8. The summed E-state index contributed by atoms with van der Waals surface area (Å²) in [6.45, 7) is 8.30. The van der Waals surface area contributed by atoms with E-state index in [4.69, 9.17) is 9.47 Å². The number of nitrogens with one attached hydrogen (secondary N) is 2. The molecule has 0 radical (unpaired) electrons. The Morgan fingerprint density at radius 2 is 1.77 bits per heavy atom. The number of esters is 1. The molecule has 0 heterocycles. The molecule has 0 aromatic heterocycles. The zero-order valence-electron chi connectivity index (χ0n) is 14.3. The highest BCUT2D eigenvalue weighted by Gasteiger charge is 2.33. The molecule has 0 aliphatic heterocycles. The SMILES string of the molecule is CCOC(=O)CNC1(CNC(=O)OC(C)(C)C)CCCCC1. The van der Waals surface area contributed by atoms with E-state index in [9.17, 15) is 9.59 Å². The topological polar surface area (TPSA) is 76.7 Å². The Labute approximate surface area is 133 Å². The second-order valence-corrected chi connectivity index (χ2v) is 6.86. The fourth-order valence-corrected chi connectivity index (χ4v) is 2.67. The molecule has 1 fully saturated rings. The van der Waals surface area contributed by atoms with Crippen LogP contribution < -0.4 is 10.6 Å². The van der Waals surface area contributed by atoms with Gasteiger partial charge in [-0.15, -0.1) is 0 Å². The van der Waals surface area contributed by atoms with Gasteiger partial charge in [0, 0.05) is 12.1 Å². The molecule has 0 bridgehead atoms. The number of rotatable bonds is 6. The molecule has 1 amide bonds. The molecule has 0 saturated heterocycles. The minimum Gasteiger partial charge on any atom is -0.465 e. The average Bonchev–Trinajstić information content (AvgIpc) is 2.43. The van der Waals surface area contributed by atoms with Crippen LogP contribution in [0.4, 0.5) is 4.79 Å². The van der Waals surface area contributed by atoms with Gasteiger partial charge in [-0.3, -0.25) is 10.1 Å². The summed E-state index contributed by atoms with van der Waals surface area (Å²) in [5.41, 5.74) is -0.760. The van der Waals surface area contributed by atoms with Crippen molar-refractivity contribution >= 4 is 12.1 Å². The van der Waals surface area contributed by atoms with Gasteiger partial charge in [0.1, 0.15) is 5.60 Å². The third kappa shape index (κ3) is 7.11. The summed E-state index contributed by atoms with van der Waals surface area (Å²) >= 11 is 0. The van der Waals surface area contributed by atoms with E-state index in [2.05, 4.69) is 10.6 Å². The molecule has 6 nitrogen and oxygen atoms in total. The Hall–Kier alpha value is -1.30. The molecule has 128 valence electrons. The third-order valence-corrected chi connectivity index (χ3v) is 3.69. The highest BCUT2D eigenvalue weighted by molar-refractivity contribution is 5.71. The molecular weight excluding hydrogens is 284 g/mol. The average molecular weight is 314 g/mol. The second-order valence-electron chi connectivity index (χ2n) is 6.86. The van der Waals surface area contributed by atoms with Crippen LogP contribution in [-0.4, -0.2) is 42.9 Å². The van der Waals surface area contributed by atoms with Crippen molar-refractivity contribution in [1.82, 2.24) is 10.6 Å². The van der Waals surface area contributed by atoms with Crippen molar-refractivity contribution in [2.45, 2.75) is 70.9 Å². The smallest absolute Gasteiger partial charge is 0.407 e. The molecule has 6 heteroatoms. The van der Waals surface area contributed by atoms with Crippen molar-refractivity contribution in [3.05, 3.63) is 0 Å². The normalized spacial score (nSPS) is 17.6. The van der Waals surface area contributed by atoms with Crippen molar-refractivity contribution < 1.29 is 19.1 Å². The van der Waals surface area contributed by atoms with Gasteiger partial charge < -0.3 is 14.8 Å². The van der Waals surface area contributed by atoms with Gasteiger partial charge in [-0.1, -0.05) is 19.3 Å². The van der Waals surface area contributed by atoms with E-state index < -0.39 is 11.7 Å². The van der Waals surface area contributed by atoms with Crippen molar-refractivity contribution in [1.29, 1.82) is 0 Å². The Balaban J connectivity index is 2.52. The fourth-order valence-electron chi connectivity index (χ4n) is 2.67. The summed E-state index contributed by atoms with van der Waals surface area (Å²) in [6.07, 6.45) is 4.81. The van der Waals surface area contributed by atoms with E-state index in [1.165, 1.54) is 6.42 Å². The predicted octanol–water partition coefficient (Wildman–Crippen LogP) is 2.37. The maximum Gasteiger partial charge on any atom is 0.407 e. The number of ether oxygens (including phenoxy) is 2. The minimum atomic E-state index is -0.512. The summed E-state index contributed by atoms with van der Waals surface area (Å²) in [5.74, 6) is -0.260. The van der Waals surface area contributed by atoms with E-state index in [1.54, 1.807) is 6.92 Å². The van der Waals surface area contributed by atoms with Gasteiger partial charge in [0.2, 0.25) is 0 Å². The van der Waals surface area contributed by atoms with Gasteiger partial charge >= 0.3 is 12.1 Å². The van der Waals surface area contributed by atoms with Gasteiger partial charge in [-0.25, -0.2) is 4.79 Å². The molecule has 0 aromatic rings. The van der Waals surface area contributed by atoms with Crippen molar-refractivity contribution in [2.24, 2.45) is 0 Å². The first-order chi connectivity index (χ1) is 10.3. The Kier molecular flexibility index (Phi) is 7.13. The fraction of sp³-hybridized carbons (Fsp3) is 0.875. The summed E-state index contributed by atoms with van der Waals surface area (Å²) in [5, 5.41) is 6.12. The second kappa shape index (κ2) is 8.36. The molecular formula is C16H30N2O4. The van der Waals surface area contributed by atoms with Crippen LogP contribution in [0.25, 0.3) is 0 Å². The van der Waals surface area contributed by atoms with Gasteiger partial charge in [0.15, 0.2) is 0 Å². The summed E-state index contributed by atoms with van der Waals surface area (Å²) in [7, 11) is 0. The Bertz CT molecular complexity index is 371. The van der Waals surface area contributed by atoms with Crippen LogP contribution in [0.1, 0.15) is 59.8 Å². The van der Waals surface area contributed by atoms with Crippen LogP contribution in [0.3, 0.4) is 0 Å². The van der Waals surface area contributed by atoms with Gasteiger partial charge in [-0.2, -0.15) is 0 Å². The predicted molar refractivity (Wildman–Crippen MR) is 84.7 cm³/mol. The molecule has 1 saturated carbocycles. The zero-order valence-corrected chi connectivity index (χ0v) is 14.3.